The van der Waals surface area contributed by atoms with Crippen molar-refractivity contribution in [2.45, 2.75) is 45.4 Å². The summed E-state index contributed by atoms with van der Waals surface area (Å²) in [4.78, 5) is 12.5. The van der Waals surface area contributed by atoms with Crippen molar-refractivity contribution in [3.63, 3.8) is 0 Å². The van der Waals surface area contributed by atoms with Gasteiger partial charge in [-0.15, -0.1) is 0 Å². The van der Waals surface area contributed by atoms with Crippen LogP contribution in [0.25, 0.3) is 0 Å². The fraction of sp³-hybridized carbons (Fsp3) is 0.588. The zero-order valence-corrected chi connectivity index (χ0v) is 13.5. The number of benzene rings is 1. The molecule has 0 N–H and O–H groups in total. The van der Waals surface area contributed by atoms with Crippen LogP contribution in [0.3, 0.4) is 0 Å². The molecule has 108 valence electrons. The molecule has 0 saturated heterocycles. The van der Waals surface area contributed by atoms with Gasteiger partial charge in [-0.25, -0.2) is 0 Å². The van der Waals surface area contributed by atoms with E-state index in [1.807, 2.05) is 6.07 Å². The molecule has 1 aliphatic heterocycles. The second-order valence-corrected chi connectivity index (χ2v) is 6.99. The molecular formula is C17H21BrO2. The Balaban J connectivity index is 1.74. The standard InChI is InChI=1S/C17H21BrO2/c1-2-11-3-4-12(7-11)16(19)10-14-9-15(18)8-13-5-6-20-17(13)14/h8-9,11-12H,2-7,10H2,1H3. The fourth-order valence-electron chi connectivity index (χ4n) is 3.55. The average Bonchev–Trinajstić information content (AvgIpc) is 3.06. The number of ketones is 1. The molecule has 20 heavy (non-hydrogen) atoms. The quantitative estimate of drug-likeness (QED) is 0.818. The van der Waals surface area contributed by atoms with E-state index in [-0.39, 0.29) is 5.92 Å². The highest BCUT2D eigenvalue weighted by molar-refractivity contribution is 9.10. The Labute approximate surface area is 129 Å². The number of carbonyl (C=O) groups is 1. The Morgan fingerprint density at radius 2 is 2.25 bits per heavy atom. The van der Waals surface area contributed by atoms with Crippen LogP contribution in [0.2, 0.25) is 0 Å². The topological polar surface area (TPSA) is 26.3 Å². The van der Waals surface area contributed by atoms with Crippen molar-refractivity contribution in [3.8, 4) is 5.75 Å². The Hall–Kier alpha value is -0.830. The van der Waals surface area contributed by atoms with Crippen LogP contribution in [0.1, 0.15) is 43.7 Å². The van der Waals surface area contributed by atoms with Crippen LogP contribution in [-0.4, -0.2) is 12.4 Å². The van der Waals surface area contributed by atoms with E-state index in [1.165, 1.54) is 18.4 Å². The molecule has 2 atom stereocenters. The predicted octanol–water partition coefficient (Wildman–Crippen LogP) is 4.32. The minimum atomic E-state index is 0.274. The lowest BCUT2D eigenvalue weighted by Crippen LogP contribution is -2.14. The van der Waals surface area contributed by atoms with Gasteiger partial charge in [-0.2, -0.15) is 0 Å². The molecule has 1 heterocycles. The van der Waals surface area contributed by atoms with E-state index in [4.69, 9.17) is 4.74 Å². The van der Waals surface area contributed by atoms with Crippen LogP contribution in [0, 0.1) is 11.8 Å². The van der Waals surface area contributed by atoms with Gasteiger partial charge in [0, 0.05) is 28.8 Å². The molecule has 2 aliphatic rings. The van der Waals surface area contributed by atoms with E-state index in [0.29, 0.717) is 12.2 Å². The number of carbonyl (C=O) groups excluding carboxylic acids is 1. The number of rotatable bonds is 4. The molecule has 3 heteroatoms. The Morgan fingerprint density at radius 1 is 1.40 bits per heavy atom. The van der Waals surface area contributed by atoms with E-state index >= 15 is 0 Å². The molecule has 1 saturated carbocycles. The van der Waals surface area contributed by atoms with E-state index in [9.17, 15) is 4.79 Å². The smallest absolute Gasteiger partial charge is 0.140 e. The summed E-state index contributed by atoms with van der Waals surface area (Å²) in [6.07, 6.45) is 6.08. The fourth-order valence-corrected chi connectivity index (χ4v) is 4.10. The third kappa shape index (κ3) is 2.78. The molecule has 1 fully saturated rings. The maximum atomic E-state index is 12.5. The molecule has 1 aromatic carbocycles. The summed E-state index contributed by atoms with van der Waals surface area (Å²) in [6, 6.07) is 4.16. The van der Waals surface area contributed by atoms with Crippen LogP contribution in [0.5, 0.6) is 5.75 Å². The molecule has 2 nitrogen and oxygen atoms in total. The van der Waals surface area contributed by atoms with Crippen LogP contribution >= 0.6 is 15.9 Å². The molecule has 3 rings (SSSR count). The van der Waals surface area contributed by atoms with Gasteiger partial charge in [-0.3, -0.25) is 4.79 Å². The Kier molecular flexibility index (Phi) is 4.16. The average molecular weight is 337 g/mol. The first-order valence-corrected chi connectivity index (χ1v) is 8.43. The van der Waals surface area contributed by atoms with Crippen LogP contribution < -0.4 is 4.74 Å². The SMILES string of the molecule is CCC1CCC(C(=O)Cc2cc(Br)cc3c2OCC3)C1. The van der Waals surface area contributed by atoms with E-state index in [0.717, 1.165) is 47.6 Å². The summed E-state index contributed by atoms with van der Waals surface area (Å²) in [6.45, 7) is 2.97. The van der Waals surface area contributed by atoms with Gasteiger partial charge in [0.05, 0.1) is 6.61 Å². The number of fused-ring (bicyclic) bond motifs is 1. The lowest BCUT2D eigenvalue weighted by Gasteiger charge is -2.12. The number of hydrogen-bond donors (Lipinski definition) is 0. The van der Waals surface area contributed by atoms with Gasteiger partial charge in [0.25, 0.3) is 0 Å². The first kappa shape index (κ1) is 14.1. The summed E-state index contributed by atoms with van der Waals surface area (Å²) in [5.74, 6) is 2.40. The van der Waals surface area contributed by atoms with Gasteiger partial charge in [-0.1, -0.05) is 29.3 Å². The molecule has 1 aromatic rings. The van der Waals surface area contributed by atoms with Crippen molar-refractivity contribution in [1.29, 1.82) is 0 Å². The minimum Gasteiger partial charge on any atom is -0.493 e. The van der Waals surface area contributed by atoms with Crippen molar-refractivity contribution in [3.05, 3.63) is 27.7 Å². The summed E-state index contributed by atoms with van der Waals surface area (Å²) in [7, 11) is 0. The molecule has 1 aliphatic carbocycles. The summed E-state index contributed by atoms with van der Waals surface area (Å²) in [5, 5.41) is 0. The second kappa shape index (κ2) is 5.88. The summed E-state index contributed by atoms with van der Waals surface area (Å²) >= 11 is 3.54. The molecule has 2 unspecified atom stereocenters. The monoisotopic (exact) mass is 336 g/mol. The van der Waals surface area contributed by atoms with Gasteiger partial charge in [0.2, 0.25) is 0 Å². The summed E-state index contributed by atoms with van der Waals surface area (Å²) in [5.41, 5.74) is 2.30. The molecule has 0 bridgehead atoms. The third-order valence-corrected chi connectivity index (χ3v) is 5.22. The minimum absolute atomic E-state index is 0.274. The van der Waals surface area contributed by atoms with Crippen molar-refractivity contribution in [2.75, 3.05) is 6.61 Å². The van der Waals surface area contributed by atoms with Crippen molar-refractivity contribution >= 4 is 21.7 Å². The maximum Gasteiger partial charge on any atom is 0.140 e. The van der Waals surface area contributed by atoms with Crippen molar-refractivity contribution in [1.82, 2.24) is 0 Å². The molecular weight excluding hydrogens is 316 g/mol. The Bertz CT molecular complexity index is 524. The van der Waals surface area contributed by atoms with Crippen molar-refractivity contribution in [2.24, 2.45) is 11.8 Å². The van der Waals surface area contributed by atoms with Gasteiger partial charge in [-0.05, 0) is 42.9 Å². The van der Waals surface area contributed by atoms with E-state index in [1.54, 1.807) is 0 Å². The number of Topliss-reactive ketones (excluding diaryl/α,β-unsaturated/α-hetero) is 1. The van der Waals surface area contributed by atoms with Gasteiger partial charge in [0.15, 0.2) is 0 Å². The highest BCUT2D eigenvalue weighted by Gasteiger charge is 2.29. The number of hydrogen-bond acceptors (Lipinski definition) is 2. The maximum absolute atomic E-state index is 12.5. The highest BCUT2D eigenvalue weighted by atomic mass is 79.9. The van der Waals surface area contributed by atoms with Crippen molar-refractivity contribution < 1.29 is 9.53 Å². The van der Waals surface area contributed by atoms with E-state index < -0.39 is 0 Å². The summed E-state index contributed by atoms with van der Waals surface area (Å²) < 4.78 is 6.78. The van der Waals surface area contributed by atoms with E-state index in [2.05, 4.69) is 28.9 Å². The van der Waals surface area contributed by atoms with Crippen LogP contribution in [0.4, 0.5) is 0 Å². The van der Waals surface area contributed by atoms with Gasteiger partial charge >= 0.3 is 0 Å². The molecule has 0 radical (unpaired) electrons. The lowest BCUT2D eigenvalue weighted by atomic mass is 9.94. The molecule has 0 amide bonds. The highest BCUT2D eigenvalue weighted by Crippen LogP contribution is 2.37. The first-order valence-electron chi connectivity index (χ1n) is 7.64. The van der Waals surface area contributed by atoms with Crippen LogP contribution in [-0.2, 0) is 17.6 Å². The third-order valence-electron chi connectivity index (χ3n) is 4.76. The van der Waals surface area contributed by atoms with Crippen LogP contribution in [0.15, 0.2) is 16.6 Å². The predicted molar refractivity (Wildman–Crippen MR) is 83.2 cm³/mol. The molecule has 0 spiro atoms. The first-order chi connectivity index (χ1) is 9.67. The number of halogens is 1. The lowest BCUT2D eigenvalue weighted by molar-refractivity contribution is -0.122. The largest absolute Gasteiger partial charge is 0.493 e. The molecule has 0 aromatic heterocycles. The van der Waals surface area contributed by atoms with Gasteiger partial charge in [0.1, 0.15) is 11.5 Å². The number of ether oxygens (including phenoxy) is 1. The Morgan fingerprint density at radius 3 is 3.00 bits per heavy atom. The second-order valence-electron chi connectivity index (χ2n) is 6.08. The normalized spacial score (nSPS) is 24.5. The zero-order chi connectivity index (χ0) is 14.1. The van der Waals surface area contributed by atoms with Gasteiger partial charge < -0.3 is 4.74 Å². The zero-order valence-electron chi connectivity index (χ0n) is 12.0.